The lowest BCUT2D eigenvalue weighted by Gasteiger charge is -2.40. The van der Waals surface area contributed by atoms with Crippen molar-refractivity contribution in [3.63, 3.8) is 0 Å². The van der Waals surface area contributed by atoms with Crippen LogP contribution < -0.4 is 20.7 Å². The van der Waals surface area contributed by atoms with E-state index in [1.807, 2.05) is 12.1 Å². The highest BCUT2D eigenvalue weighted by Gasteiger charge is 2.36. The number of rotatable bonds is 4. The van der Waals surface area contributed by atoms with E-state index in [0.29, 0.717) is 11.4 Å². The first kappa shape index (κ1) is 15.8. The zero-order valence-electron chi connectivity index (χ0n) is 13.3. The fourth-order valence-corrected chi connectivity index (χ4v) is 3.41. The number of anilines is 1. The molecule has 2 amide bonds. The van der Waals surface area contributed by atoms with Crippen LogP contribution in [0.2, 0.25) is 0 Å². The number of carbonyl (C=O) groups excluding carboxylic acids is 2. The number of hydrogen-bond donors (Lipinski definition) is 3. The van der Waals surface area contributed by atoms with Crippen molar-refractivity contribution in [1.82, 2.24) is 10.6 Å². The van der Waals surface area contributed by atoms with Gasteiger partial charge in [0.15, 0.2) is 0 Å². The number of benzene rings is 1. The van der Waals surface area contributed by atoms with Crippen molar-refractivity contribution in [2.75, 3.05) is 12.4 Å². The maximum absolute atomic E-state index is 12.3. The highest BCUT2D eigenvalue weighted by atomic mass is 16.5. The maximum Gasteiger partial charge on any atom is 0.237 e. The lowest BCUT2D eigenvalue weighted by atomic mass is 9.87. The van der Waals surface area contributed by atoms with Crippen LogP contribution in [0, 0.1) is 0 Å². The molecule has 6 nitrogen and oxygen atoms in total. The molecule has 0 unspecified atom stereocenters. The summed E-state index contributed by atoms with van der Waals surface area (Å²) in [6, 6.07) is 7.26. The van der Waals surface area contributed by atoms with E-state index in [0.717, 1.165) is 19.3 Å². The SMILES string of the molecule is COc1ccccc1NC(=O)C[C@H]1N[C@H]2CCCC[C@H]2NC1=O. The molecule has 3 N–H and O–H groups in total. The lowest BCUT2D eigenvalue weighted by Crippen LogP contribution is -2.65. The summed E-state index contributed by atoms with van der Waals surface area (Å²) < 4.78 is 5.22. The molecule has 2 aliphatic rings. The van der Waals surface area contributed by atoms with Crippen LogP contribution in [0.5, 0.6) is 5.75 Å². The van der Waals surface area contributed by atoms with Crippen LogP contribution in [0.15, 0.2) is 24.3 Å². The number of amides is 2. The van der Waals surface area contributed by atoms with Crippen LogP contribution in [0.4, 0.5) is 5.69 Å². The van der Waals surface area contributed by atoms with E-state index >= 15 is 0 Å². The summed E-state index contributed by atoms with van der Waals surface area (Å²) >= 11 is 0. The normalized spacial score (nSPS) is 26.8. The Morgan fingerprint density at radius 1 is 1.26 bits per heavy atom. The van der Waals surface area contributed by atoms with E-state index in [2.05, 4.69) is 16.0 Å². The Morgan fingerprint density at radius 2 is 2.00 bits per heavy atom. The zero-order chi connectivity index (χ0) is 16.2. The molecule has 1 aromatic rings. The van der Waals surface area contributed by atoms with E-state index < -0.39 is 6.04 Å². The Kier molecular flexibility index (Phi) is 4.81. The van der Waals surface area contributed by atoms with Crippen LogP contribution in [-0.2, 0) is 9.59 Å². The molecule has 0 spiro atoms. The van der Waals surface area contributed by atoms with Crippen molar-refractivity contribution in [1.29, 1.82) is 0 Å². The van der Waals surface area contributed by atoms with Gasteiger partial charge in [0.05, 0.1) is 25.3 Å². The zero-order valence-corrected chi connectivity index (χ0v) is 13.3. The first-order valence-electron chi connectivity index (χ1n) is 8.16. The van der Waals surface area contributed by atoms with Crippen LogP contribution in [0.25, 0.3) is 0 Å². The van der Waals surface area contributed by atoms with Gasteiger partial charge in [-0.05, 0) is 25.0 Å². The number of hydrogen-bond acceptors (Lipinski definition) is 4. The van der Waals surface area contributed by atoms with E-state index in [9.17, 15) is 9.59 Å². The smallest absolute Gasteiger partial charge is 0.237 e. The number of para-hydroxylation sites is 2. The second kappa shape index (κ2) is 7.00. The van der Waals surface area contributed by atoms with Gasteiger partial charge < -0.3 is 20.7 Å². The van der Waals surface area contributed by atoms with Gasteiger partial charge >= 0.3 is 0 Å². The number of carbonyl (C=O) groups is 2. The van der Waals surface area contributed by atoms with Gasteiger partial charge in [0.1, 0.15) is 5.75 Å². The van der Waals surface area contributed by atoms with Crippen LogP contribution in [-0.4, -0.2) is 37.0 Å². The predicted molar refractivity (Wildman–Crippen MR) is 87.4 cm³/mol. The molecule has 3 atom stereocenters. The van der Waals surface area contributed by atoms with Crippen molar-refractivity contribution in [2.45, 2.75) is 50.2 Å². The Balaban J connectivity index is 1.60. The number of piperazine rings is 1. The summed E-state index contributed by atoms with van der Waals surface area (Å²) in [5, 5.41) is 9.22. The molecule has 1 heterocycles. The van der Waals surface area contributed by atoms with Gasteiger partial charge in [-0.3, -0.25) is 9.59 Å². The van der Waals surface area contributed by atoms with E-state index in [4.69, 9.17) is 4.74 Å². The number of nitrogens with one attached hydrogen (secondary N) is 3. The quantitative estimate of drug-likeness (QED) is 0.785. The molecule has 124 valence electrons. The highest BCUT2D eigenvalue weighted by Crippen LogP contribution is 2.24. The summed E-state index contributed by atoms with van der Waals surface area (Å²) in [5.41, 5.74) is 0.617. The average Bonchev–Trinajstić information content (AvgIpc) is 2.56. The minimum atomic E-state index is -0.468. The maximum atomic E-state index is 12.3. The summed E-state index contributed by atoms with van der Waals surface area (Å²) in [4.78, 5) is 24.4. The van der Waals surface area contributed by atoms with Crippen molar-refractivity contribution >= 4 is 17.5 Å². The summed E-state index contributed by atoms with van der Waals surface area (Å²) in [7, 11) is 1.56. The average molecular weight is 317 g/mol. The molecule has 3 rings (SSSR count). The van der Waals surface area contributed by atoms with Gasteiger partial charge in [0.2, 0.25) is 11.8 Å². The monoisotopic (exact) mass is 317 g/mol. The first-order chi connectivity index (χ1) is 11.2. The fraction of sp³-hybridized carbons (Fsp3) is 0.529. The first-order valence-corrected chi connectivity index (χ1v) is 8.16. The second-order valence-corrected chi connectivity index (χ2v) is 6.18. The van der Waals surface area contributed by atoms with Gasteiger partial charge in [-0.15, -0.1) is 0 Å². The Hall–Kier alpha value is -2.08. The predicted octanol–water partition coefficient (Wildman–Crippen LogP) is 1.42. The molecule has 6 heteroatoms. The molecule has 1 aliphatic carbocycles. The summed E-state index contributed by atoms with van der Waals surface area (Å²) in [6.07, 6.45) is 4.51. The largest absolute Gasteiger partial charge is 0.495 e. The molecular formula is C17H23N3O3. The molecule has 0 bridgehead atoms. The van der Waals surface area contributed by atoms with Crippen molar-refractivity contribution in [3.8, 4) is 5.75 Å². The van der Waals surface area contributed by atoms with E-state index in [1.54, 1.807) is 19.2 Å². The molecule has 1 aliphatic heterocycles. The van der Waals surface area contributed by atoms with Gasteiger partial charge in [-0.25, -0.2) is 0 Å². The van der Waals surface area contributed by atoms with Gasteiger partial charge in [-0.1, -0.05) is 25.0 Å². The molecular weight excluding hydrogens is 294 g/mol. The molecule has 0 aromatic heterocycles. The molecule has 1 aromatic carbocycles. The number of ether oxygens (including phenoxy) is 1. The second-order valence-electron chi connectivity index (χ2n) is 6.18. The van der Waals surface area contributed by atoms with Gasteiger partial charge in [0, 0.05) is 12.1 Å². The standard InChI is InChI=1S/C17H23N3O3/c1-23-15-9-5-4-8-13(15)19-16(21)10-14-17(22)20-12-7-3-2-6-11(12)18-14/h4-5,8-9,11-12,14,18H,2-3,6-7,10H2,1H3,(H,19,21)(H,20,22)/t11-,12+,14+/m0/s1. The van der Waals surface area contributed by atoms with Crippen LogP contribution >= 0.6 is 0 Å². The molecule has 0 radical (unpaired) electrons. The molecule has 23 heavy (non-hydrogen) atoms. The molecule has 1 saturated heterocycles. The van der Waals surface area contributed by atoms with Gasteiger partial charge in [-0.2, -0.15) is 0 Å². The Morgan fingerprint density at radius 3 is 2.78 bits per heavy atom. The van der Waals surface area contributed by atoms with Crippen LogP contribution in [0.3, 0.4) is 0 Å². The summed E-state index contributed by atoms with van der Waals surface area (Å²) in [5.74, 6) is 0.328. The minimum absolute atomic E-state index is 0.0803. The minimum Gasteiger partial charge on any atom is -0.495 e. The molecule has 2 fully saturated rings. The van der Waals surface area contributed by atoms with Crippen LogP contribution in [0.1, 0.15) is 32.1 Å². The van der Waals surface area contributed by atoms with Crippen molar-refractivity contribution < 1.29 is 14.3 Å². The molecule has 1 saturated carbocycles. The van der Waals surface area contributed by atoms with Crippen molar-refractivity contribution in [2.24, 2.45) is 0 Å². The van der Waals surface area contributed by atoms with E-state index in [1.165, 1.54) is 6.42 Å². The third-order valence-electron chi connectivity index (χ3n) is 4.60. The third kappa shape index (κ3) is 3.64. The lowest BCUT2D eigenvalue weighted by molar-refractivity contribution is -0.129. The number of methoxy groups -OCH3 is 1. The van der Waals surface area contributed by atoms with Crippen molar-refractivity contribution in [3.05, 3.63) is 24.3 Å². The van der Waals surface area contributed by atoms with Gasteiger partial charge in [0.25, 0.3) is 0 Å². The number of fused-ring (bicyclic) bond motifs is 1. The fourth-order valence-electron chi connectivity index (χ4n) is 3.41. The Bertz CT molecular complexity index is 590. The summed E-state index contributed by atoms with van der Waals surface area (Å²) in [6.45, 7) is 0. The highest BCUT2D eigenvalue weighted by molar-refractivity contribution is 5.96. The Labute approximate surface area is 136 Å². The topological polar surface area (TPSA) is 79.5 Å². The van der Waals surface area contributed by atoms with E-state index in [-0.39, 0.29) is 30.3 Å². The third-order valence-corrected chi connectivity index (χ3v) is 4.60.